The van der Waals surface area contributed by atoms with Crippen molar-refractivity contribution in [2.45, 2.75) is 51.9 Å². The Morgan fingerprint density at radius 3 is 2.34 bits per heavy atom. The van der Waals surface area contributed by atoms with Crippen LogP contribution in [0, 0.1) is 18.3 Å². The average molecular weight is 448 g/mol. The van der Waals surface area contributed by atoms with Gasteiger partial charge in [-0.1, -0.05) is 62.7 Å². The average Bonchev–Trinajstić information content (AvgIpc) is 3.11. The summed E-state index contributed by atoms with van der Waals surface area (Å²) in [5, 5.41) is 2.80. The van der Waals surface area contributed by atoms with E-state index >= 15 is 0 Å². The fourth-order valence-electron chi connectivity index (χ4n) is 4.84. The number of aryl methyl sites for hydroxylation is 2. The molecule has 4 aromatic rings. The van der Waals surface area contributed by atoms with Gasteiger partial charge in [-0.15, -0.1) is 0 Å². The Morgan fingerprint density at radius 2 is 1.66 bits per heavy atom. The van der Waals surface area contributed by atoms with Gasteiger partial charge in [0.1, 0.15) is 11.3 Å². The number of hydrogen-bond donors (Lipinski definition) is 1. The van der Waals surface area contributed by atoms with E-state index < -0.39 is 10.0 Å². The highest BCUT2D eigenvalue weighted by atomic mass is 32.2. The van der Waals surface area contributed by atoms with Gasteiger partial charge in [0.15, 0.2) is 0 Å². The van der Waals surface area contributed by atoms with Crippen molar-refractivity contribution < 1.29 is 12.8 Å². The van der Waals surface area contributed by atoms with Crippen molar-refractivity contribution in [3.8, 4) is 0 Å². The first-order valence-electron chi connectivity index (χ1n) is 11.2. The Labute approximate surface area is 189 Å². The molecule has 0 saturated heterocycles. The SMILES string of the molecule is Cc1ccc(S(=O)(=O)Nc2cc3c4c(oc3c3ccccc23)CC[C@@H](C(C)(C)C)C4)cc1. The first kappa shape index (κ1) is 21.1. The van der Waals surface area contributed by atoms with E-state index in [-0.39, 0.29) is 10.3 Å². The highest BCUT2D eigenvalue weighted by Crippen LogP contribution is 2.44. The number of furan rings is 1. The highest BCUT2D eigenvalue weighted by molar-refractivity contribution is 7.92. The summed E-state index contributed by atoms with van der Waals surface area (Å²) in [6.07, 6.45) is 2.99. The van der Waals surface area contributed by atoms with Crippen LogP contribution >= 0.6 is 0 Å². The van der Waals surface area contributed by atoms with Crippen LogP contribution in [0.2, 0.25) is 0 Å². The van der Waals surface area contributed by atoms with Crippen LogP contribution in [0.25, 0.3) is 21.7 Å². The van der Waals surface area contributed by atoms with E-state index in [0.717, 1.165) is 52.3 Å². The molecule has 0 saturated carbocycles. The Kier molecular flexibility index (Phi) is 4.86. The molecule has 0 fully saturated rings. The lowest BCUT2D eigenvalue weighted by atomic mass is 9.71. The Balaban J connectivity index is 1.67. The normalized spacial score (nSPS) is 16.9. The predicted molar refractivity (Wildman–Crippen MR) is 131 cm³/mol. The van der Waals surface area contributed by atoms with Gasteiger partial charge in [0, 0.05) is 28.1 Å². The second kappa shape index (κ2) is 7.38. The third-order valence-electron chi connectivity index (χ3n) is 6.85. The topological polar surface area (TPSA) is 59.3 Å². The van der Waals surface area contributed by atoms with Crippen LogP contribution in [0.4, 0.5) is 5.69 Å². The van der Waals surface area contributed by atoms with Gasteiger partial charge in [0.05, 0.1) is 10.6 Å². The number of nitrogens with one attached hydrogen (secondary N) is 1. The maximum Gasteiger partial charge on any atom is 0.261 e. The first-order valence-corrected chi connectivity index (χ1v) is 12.7. The van der Waals surface area contributed by atoms with Crippen LogP contribution in [-0.4, -0.2) is 8.42 Å². The third-order valence-corrected chi connectivity index (χ3v) is 8.23. The van der Waals surface area contributed by atoms with Gasteiger partial charge in [-0.05, 0) is 49.3 Å². The molecular weight excluding hydrogens is 418 g/mol. The second-order valence-electron chi connectivity index (χ2n) is 10.1. The van der Waals surface area contributed by atoms with Crippen molar-refractivity contribution in [1.82, 2.24) is 0 Å². The molecule has 0 radical (unpaired) electrons. The first-order chi connectivity index (χ1) is 15.1. The Morgan fingerprint density at radius 1 is 0.969 bits per heavy atom. The predicted octanol–water partition coefficient (Wildman–Crippen LogP) is 6.85. The summed E-state index contributed by atoms with van der Waals surface area (Å²) >= 11 is 0. The molecule has 3 aromatic carbocycles. The van der Waals surface area contributed by atoms with Gasteiger partial charge < -0.3 is 4.42 Å². The third kappa shape index (κ3) is 3.58. The molecule has 1 aromatic heterocycles. The van der Waals surface area contributed by atoms with Crippen molar-refractivity contribution in [3.63, 3.8) is 0 Å². The largest absolute Gasteiger partial charge is 0.460 e. The van der Waals surface area contributed by atoms with Crippen molar-refractivity contribution in [2.75, 3.05) is 4.72 Å². The lowest BCUT2D eigenvalue weighted by Crippen LogP contribution is -2.26. The summed E-state index contributed by atoms with van der Waals surface area (Å²) in [6, 6.07) is 16.7. The molecule has 0 amide bonds. The molecule has 32 heavy (non-hydrogen) atoms. The van der Waals surface area contributed by atoms with E-state index in [1.54, 1.807) is 12.1 Å². The van der Waals surface area contributed by atoms with E-state index in [9.17, 15) is 8.42 Å². The minimum Gasteiger partial charge on any atom is -0.460 e. The Hall–Kier alpha value is -2.79. The molecule has 1 N–H and O–H groups in total. The summed E-state index contributed by atoms with van der Waals surface area (Å²) in [5.74, 6) is 1.61. The number of fused-ring (bicyclic) bond motifs is 5. The molecule has 0 spiro atoms. The molecule has 5 rings (SSSR count). The molecular formula is C27H29NO3S. The summed E-state index contributed by atoms with van der Waals surface area (Å²) < 4.78 is 35.6. The van der Waals surface area contributed by atoms with E-state index in [0.29, 0.717) is 11.6 Å². The Bertz CT molecular complexity index is 1420. The lowest BCUT2D eigenvalue weighted by Gasteiger charge is -2.33. The molecule has 166 valence electrons. The fraction of sp³-hybridized carbons (Fsp3) is 0.333. The molecule has 5 heteroatoms. The van der Waals surface area contributed by atoms with E-state index in [4.69, 9.17) is 4.42 Å². The molecule has 1 aliphatic carbocycles. The molecule has 4 nitrogen and oxygen atoms in total. The molecule has 1 atom stereocenters. The van der Waals surface area contributed by atoms with E-state index in [1.807, 2.05) is 49.4 Å². The van der Waals surface area contributed by atoms with Gasteiger partial charge in [-0.25, -0.2) is 8.42 Å². The van der Waals surface area contributed by atoms with E-state index in [2.05, 4.69) is 25.5 Å². The van der Waals surface area contributed by atoms with Gasteiger partial charge in [-0.3, -0.25) is 4.72 Å². The zero-order chi connectivity index (χ0) is 22.7. The number of hydrogen-bond acceptors (Lipinski definition) is 3. The molecule has 0 aliphatic heterocycles. The monoisotopic (exact) mass is 447 g/mol. The summed E-state index contributed by atoms with van der Waals surface area (Å²) in [4.78, 5) is 0.259. The highest BCUT2D eigenvalue weighted by Gasteiger charge is 2.32. The van der Waals surface area contributed by atoms with Crippen LogP contribution in [0.1, 0.15) is 44.1 Å². The van der Waals surface area contributed by atoms with Crippen molar-refractivity contribution in [2.24, 2.45) is 11.3 Å². The summed E-state index contributed by atoms with van der Waals surface area (Å²) in [7, 11) is -3.71. The number of anilines is 1. The van der Waals surface area contributed by atoms with Crippen molar-refractivity contribution >= 4 is 37.5 Å². The van der Waals surface area contributed by atoms with Gasteiger partial charge in [-0.2, -0.15) is 0 Å². The summed E-state index contributed by atoms with van der Waals surface area (Å²) in [5.41, 5.74) is 3.92. The van der Waals surface area contributed by atoms with Gasteiger partial charge in [0.2, 0.25) is 0 Å². The van der Waals surface area contributed by atoms with E-state index in [1.165, 1.54) is 5.56 Å². The van der Waals surface area contributed by atoms with Crippen LogP contribution < -0.4 is 4.72 Å². The smallest absolute Gasteiger partial charge is 0.261 e. The number of sulfonamides is 1. The standard InChI is InChI=1S/C27H29NO3S/c1-17-9-12-19(13-10-17)32(29,30)28-24-16-23-22-15-18(27(2,3)4)11-14-25(22)31-26(23)21-8-6-5-7-20(21)24/h5-10,12-13,16,18,28H,11,14-15H2,1-4H3/t18-/m1/s1. The lowest BCUT2D eigenvalue weighted by molar-refractivity contribution is 0.210. The maximum atomic E-state index is 13.2. The van der Waals surface area contributed by atoms with Crippen LogP contribution in [0.5, 0.6) is 0 Å². The number of benzene rings is 3. The molecule has 0 unspecified atom stereocenters. The van der Waals surface area contributed by atoms with Crippen LogP contribution in [-0.2, 0) is 22.9 Å². The van der Waals surface area contributed by atoms with Crippen LogP contribution in [0.15, 0.2) is 63.9 Å². The molecule has 0 bridgehead atoms. The molecule has 1 heterocycles. The second-order valence-corrected chi connectivity index (χ2v) is 11.8. The quantitative estimate of drug-likeness (QED) is 0.374. The van der Waals surface area contributed by atoms with Gasteiger partial charge in [0.25, 0.3) is 10.0 Å². The van der Waals surface area contributed by atoms with Crippen molar-refractivity contribution in [3.05, 3.63) is 71.5 Å². The zero-order valence-electron chi connectivity index (χ0n) is 19.0. The number of rotatable bonds is 3. The minimum atomic E-state index is -3.71. The summed E-state index contributed by atoms with van der Waals surface area (Å²) in [6.45, 7) is 8.82. The molecule has 1 aliphatic rings. The minimum absolute atomic E-state index is 0.216. The maximum absolute atomic E-state index is 13.2. The van der Waals surface area contributed by atoms with Gasteiger partial charge >= 0.3 is 0 Å². The van der Waals surface area contributed by atoms with Crippen LogP contribution in [0.3, 0.4) is 0 Å². The van der Waals surface area contributed by atoms with Crippen molar-refractivity contribution in [1.29, 1.82) is 0 Å². The fourth-order valence-corrected chi connectivity index (χ4v) is 5.91. The zero-order valence-corrected chi connectivity index (χ0v) is 19.8.